The van der Waals surface area contributed by atoms with E-state index >= 15 is 0 Å². The number of amides is 1. The summed E-state index contributed by atoms with van der Waals surface area (Å²) in [6, 6.07) is 0. The van der Waals surface area contributed by atoms with Crippen molar-refractivity contribution in [1.82, 2.24) is 4.90 Å². The number of hydrogen-bond acceptors (Lipinski definition) is 3. The van der Waals surface area contributed by atoms with Crippen molar-refractivity contribution in [2.24, 2.45) is 0 Å². The Morgan fingerprint density at radius 2 is 2.36 bits per heavy atom. The minimum Gasteiger partial charge on any atom is -0.381 e. The molecular formula is C10H19NO2S. The van der Waals surface area contributed by atoms with Crippen LogP contribution in [-0.2, 0) is 9.53 Å². The minimum atomic E-state index is 0.320. The lowest BCUT2D eigenvalue weighted by Gasteiger charge is -2.26. The van der Waals surface area contributed by atoms with Crippen LogP contribution < -0.4 is 0 Å². The molecule has 14 heavy (non-hydrogen) atoms. The van der Waals surface area contributed by atoms with Crippen LogP contribution in [0.3, 0.4) is 0 Å². The number of thioether (sulfide) groups is 1. The van der Waals surface area contributed by atoms with E-state index in [9.17, 15) is 4.79 Å². The molecule has 0 atom stereocenters. The standard InChI is InChI=1S/C10H19NO2S/c1-2-13-7-8-14-9-11-6-4-3-5-10(11)12/h2-9H2,1H3. The zero-order valence-corrected chi connectivity index (χ0v) is 9.65. The molecule has 82 valence electrons. The van der Waals surface area contributed by atoms with Gasteiger partial charge in [0.25, 0.3) is 0 Å². The fraction of sp³-hybridized carbons (Fsp3) is 0.900. The van der Waals surface area contributed by atoms with Gasteiger partial charge in [-0.05, 0) is 19.8 Å². The Morgan fingerprint density at radius 3 is 3.07 bits per heavy atom. The Kier molecular flexibility index (Phi) is 6.03. The maximum Gasteiger partial charge on any atom is 0.223 e. The van der Waals surface area contributed by atoms with E-state index in [-0.39, 0.29) is 0 Å². The highest BCUT2D eigenvalue weighted by Crippen LogP contribution is 2.13. The number of piperidine rings is 1. The third-order valence-electron chi connectivity index (χ3n) is 2.24. The second-order valence-electron chi connectivity index (χ2n) is 3.35. The zero-order chi connectivity index (χ0) is 10.2. The van der Waals surface area contributed by atoms with Gasteiger partial charge in [-0.15, -0.1) is 11.8 Å². The molecule has 1 aliphatic heterocycles. The van der Waals surface area contributed by atoms with Gasteiger partial charge in [-0.1, -0.05) is 0 Å². The van der Waals surface area contributed by atoms with Crippen molar-refractivity contribution in [3.8, 4) is 0 Å². The average molecular weight is 217 g/mol. The Hall–Kier alpha value is -0.220. The molecule has 1 aliphatic rings. The lowest BCUT2D eigenvalue weighted by molar-refractivity contribution is -0.132. The van der Waals surface area contributed by atoms with E-state index < -0.39 is 0 Å². The summed E-state index contributed by atoms with van der Waals surface area (Å²) in [7, 11) is 0. The predicted molar refractivity (Wildman–Crippen MR) is 59.4 cm³/mol. The highest BCUT2D eigenvalue weighted by molar-refractivity contribution is 7.99. The van der Waals surface area contributed by atoms with Gasteiger partial charge in [0.15, 0.2) is 0 Å². The fourth-order valence-electron chi connectivity index (χ4n) is 1.44. The first-order chi connectivity index (χ1) is 6.84. The second-order valence-corrected chi connectivity index (χ2v) is 4.42. The number of nitrogens with zero attached hydrogens (tertiary/aromatic N) is 1. The Balaban J connectivity index is 2.02. The van der Waals surface area contributed by atoms with E-state index in [1.54, 1.807) is 11.8 Å². The summed E-state index contributed by atoms with van der Waals surface area (Å²) < 4.78 is 5.23. The first kappa shape index (κ1) is 11.9. The van der Waals surface area contributed by atoms with Gasteiger partial charge in [0.05, 0.1) is 12.5 Å². The SMILES string of the molecule is CCOCCSCN1CCCCC1=O. The van der Waals surface area contributed by atoms with E-state index in [1.807, 2.05) is 11.8 Å². The molecule has 0 radical (unpaired) electrons. The van der Waals surface area contributed by atoms with Crippen LogP contribution in [0.1, 0.15) is 26.2 Å². The number of carbonyl (C=O) groups excluding carboxylic acids is 1. The first-order valence-corrected chi connectivity index (χ1v) is 6.43. The molecule has 0 aromatic heterocycles. The lowest BCUT2D eigenvalue weighted by atomic mass is 10.1. The van der Waals surface area contributed by atoms with E-state index in [0.29, 0.717) is 5.91 Å². The molecule has 1 heterocycles. The lowest BCUT2D eigenvalue weighted by Crippen LogP contribution is -2.35. The molecule has 0 N–H and O–H groups in total. The van der Waals surface area contributed by atoms with Gasteiger partial charge in [0, 0.05) is 25.3 Å². The largest absolute Gasteiger partial charge is 0.381 e. The van der Waals surface area contributed by atoms with Crippen LogP contribution in [0.15, 0.2) is 0 Å². The molecule has 0 unspecified atom stereocenters. The molecule has 0 bridgehead atoms. The van der Waals surface area contributed by atoms with Crippen LogP contribution in [0.2, 0.25) is 0 Å². The second kappa shape index (κ2) is 7.12. The van der Waals surface area contributed by atoms with Crippen LogP contribution in [0.5, 0.6) is 0 Å². The molecule has 0 aliphatic carbocycles. The van der Waals surface area contributed by atoms with Crippen LogP contribution in [0.25, 0.3) is 0 Å². The van der Waals surface area contributed by atoms with E-state index in [1.165, 1.54) is 0 Å². The predicted octanol–water partition coefficient (Wildman–Crippen LogP) is 1.73. The monoisotopic (exact) mass is 217 g/mol. The summed E-state index contributed by atoms with van der Waals surface area (Å²) in [4.78, 5) is 13.4. The molecule has 0 aromatic rings. The third-order valence-corrected chi connectivity index (χ3v) is 3.19. The third kappa shape index (κ3) is 4.33. The van der Waals surface area contributed by atoms with Gasteiger partial charge < -0.3 is 9.64 Å². The van der Waals surface area contributed by atoms with Crippen LogP contribution >= 0.6 is 11.8 Å². The smallest absolute Gasteiger partial charge is 0.223 e. The summed E-state index contributed by atoms with van der Waals surface area (Å²) in [6.45, 7) is 4.52. The fourth-order valence-corrected chi connectivity index (χ4v) is 2.29. The number of hydrogen-bond donors (Lipinski definition) is 0. The summed E-state index contributed by atoms with van der Waals surface area (Å²) in [5.41, 5.74) is 0. The van der Waals surface area contributed by atoms with Gasteiger partial charge in [0.2, 0.25) is 5.91 Å². The highest BCUT2D eigenvalue weighted by Gasteiger charge is 2.16. The number of carbonyl (C=O) groups is 1. The van der Waals surface area contributed by atoms with Crippen LogP contribution in [0, 0.1) is 0 Å². The summed E-state index contributed by atoms with van der Waals surface area (Å²) in [6.07, 6.45) is 2.97. The molecule has 1 rings (SSSR count). The summed E-state index contributed by atoms with van der Waals surface area (Å²) in [5, 5.41) is 0. The highest BCUT2D eigenvalue weighted by atomic mass is 32.2. The maximum absolute atomic E-state index is 11.4. The molecule has 0 aromatic carbocycles. The van der Waals surface area contributed by atoms with Crippen molar-refractivity contribution in [2.45, 2.75) is 26.2 Å². The summed E-state index contributed by atoms with van der Waals surface area (Å²) >= 11 is 1.78. The molecule has 0 spiro atoms. The topological polar surface area (TPSA) is 29.5 Å². The number of ether oxygens (including phenoxy) is 1. The van der Waals surface area contributed by atoms with Gasteiger partial charge >= 0.3 is 0 Å². The summed E-state index contributed by atoms with van der Waals surface area (Å²) in [5.74, 6) is 2.14. The van der Waals surface area contributed by atoms with Crippen LogP contribution in [-0.4, -0.2) is 42.2 Å². The molecule has 4 heteroatoms. The van der Waals surface area contributed by atoms with E-state index in [2.05, 4.69) is 0 Å². The van der Waals surface area contributed by atoms with Crippen LogP contribution in [0.4, 0.5) is 0 Å². The number of rotatable bonds is 6. The maximum atomic E-state index is 11.4. The average Bonchev–Trinajstić information content (AvgIpc) is 2.20. The quantitative estimate of drug-likeness (QED) is 0.635. The van der Waals surface area contributed by atoms with Gasteiger partial charge in [-0.2, -0.15) is 0 Å². The zero-order valence-electron chi connectivity index (χ0n) is 8.83. The van der Waals surface area contributed by atoms with Gasteiger partial charge in [-0.3, -0.25) is 4.79 Å². The minimum absolute atomic E-state index is 0.320. The number of likely N-dealkylation sites (tertiary alicyclic amines) is 1. The van der Waals surface area contributed by atoms with Crippen molar-refractivity contribution in [1.29, 1.82) is 0 Å². The van der Waals surface area contributed by atoms with Crippen molar-refractivity contribution < 1.29 is 9.53 Å². The Bertz CT molecular complexity index is 176. The Morgan fingerprint density at radius 1 is 1.50 bits per heavy atom. The first-order valence-electron chi connectivity index (χ1n) is 5.28. The van der Waals surface area contributed by atoms with E-state index in [4.69, 9.17) is 4.74 Å². The molecule has 0 saturated carbocycles. The van der Waals surface area contributed by atoms with Crippen molar-refractivity contribution in [3.05, 3.63) is 0 Å². The van der Waals surface area contributed by atoms with Crippen molar-refractivity contribution >= 4 is 17.7 Å². The molecular weight excluding hydrogens is 198 g/mol. The Labute approximate surface area is 90.2 Å². The van der Waals surface area contributed by atoms with Gasteiger partial charge in [-0.25, -0.2) is 0 Å². The molecule has 1 saturated heterocycles. The van der Waals surface area contributed by atoms with Crippen molar-refractivity contribution in [3.63, 3.8) is 0 Å². The van der Waals surface area contributed by atoms with Crippen molar-refractivity contribution in [2.75, 3.05) is 31.4 Å². The van der Waals surface area contributed by atoms with Gasteiger partial charge in [0.1, 0.15) is 0 Å². The van der Waals surface area contributed by atoms with E-state index in [0.717, 1.165) is 50.7 Å². The molecule has 1 fully saturated rings. The molecule has 3 nitrogen and oxygen atoms in total. The normalized spacial score (nSPS) is 17.5. The molecule has 1 amide bonds.